The lowest BCUT2D eigenvalue weighted by Gasteiger charge is -2.21. The third kappa shape index (κ3) is 2.94. The predicted octanol–water partition coefficient (Wildman–Crippen LogP) is 2.41. The van der Waals surface area contributed by atoms with Gasteiger partial charge >= 0.3 is 0 Å². The lowest BCUT2D eigenvalue weighted by atomic mass is 10.2. The molecule has 0 amide bonds. The number of fused-ring (bicyclic) bond motifs is 1. The Morgan fingerprint density at radius 1 is 1.45 bits per heavy atom. The van der Waals surface area contributed by atoms with E-state index in [1.54, 1.807) is 0 Å². The normalized spacial score (nSPS) is 19.2. The van der Waals surface area contributed by atoms with E-state index in [9.17, 15) is 0 Å². The van der Waals surface area contributed by atoms with E-state index >= 15 is 0 Å². The Morgan fingerprint density at radius 3 is 3.10 bits per heavy atom. The molecule has 2 heterocycles. The van der Waals surface area contributed by atoms with Crippen molar-refractivity contribution in [1.82, 2.24) is 9.88 Å². The number of anilines is 1. The molecule has 0 spiro atoms. The van der Waals surface area contributed by atoms with Crippen LogP contribution in [0.25, 0.3) is 11.1 Å². The summed E-state index contributed by atoms with van der Waals surface area (Å²) in [6, 6.07) is 5.55. The van der Waals surface area contributed by atoms with Crippen molar-refractivity contribution in [2.75, 3.05) is 25.4 Å². The molecule has 3 rings (SSSR count). The summed E-state index contributed by atoms with van der Waals surface area (Å²) in [6.45, 7) is 5.66. The molecule has 20 heavy (non-hydrogen) atoms. The standard InChI is InChI=1S/C15H21N3O2/c1-2-18(9-12-4-3-7-19-12)10-15-17-13-8-11(16)5-6-14(13)20-15/h5-6,8,12H,2-4,7,9-10,16H2,1H3. The lowest BCUT2D eigenvalue weighted by molar-refractivity contribution is 0.0699. The second-order valence-electron chi connectivity index (χ2n) is 5.30. The van der Waals surface area contributed by atoms with E-state index in [2.05, 4.69) is 16.8 Å². The number of ether oxygens (including phenoxy) is 1. The minimum Gasteiger partial charge on any atom is -0.439 e. The molecule has 0 bridgehead atoms. The Hall–Kier alpha value is -1.59. The molecule has 1 saturated heterocycles. The van der Waals surface area contributed by atoms with Crippen molar-refractivity contribution >= 4 is 16.8 Å². The van der Waals surface area contributed by atoms with Crippen molar-refractivity contribution in [3.8, 4) is 0 Å². The topological polar surface area (TPSA) is 64.5 Å². The molecule has 0 radical (unpaired) electrons. The third-order valence-corrected chi connectivity index (χ3v) is 3.75. The highest BCUT2D eigenvalue weighted by Crippen LogP contribution is 2.20. The first-order valence-electron chi connectivity index (χ1n) is 7.23. The highest BCUT2D eigenvalue weighted by Gasteiger charge is 2.19. The van der Waals surface area contributed by atoms with Gasteiger partial charge in [0.05, 0.1) is 12.6 Å². The summed E-state index contributed by atoms with van der Waals surface area (Å²) in [4.78, 5) is 6.82. The molecule has 1 unspecified atom stereocenters. The molecule has 2 N–H and O–H groups in total. The van der Waals surface area contributed by atoms with Crippen LogP contribution in [0.1, 0.15) is 25.7 Å². The van der Waals surface area contributed by atoms with E-state index in [0.717, 1.165) is 43.1 Å². The van der Waals surface area contributed by atoms with E-state index in [1.165, 1.54) is 6.42 Å². The molecule has 108 valence electrons. The van der Waals surface area contributed by atoms with Crippen LogP contribution in [-0.2, 0) is 11.3 Å². The van der Waals surface area contributed by atoms with Gasteiger partial charge < -0.3 is 14.9 Å². The average Bonchev–Trinajstić information content (AvgIpc) is 3.06. The number of oxazole rings is 1. The number of likely N-dealkylation sites (N-methyl/N-ethyl adjacent to an activating group) is 1. The molecule has 2 aromatic rings. The monoisotopic (exact) mass is 275 g/mol. The van der Waals surface area contributed by atoms with Crippen LogP contribution in [0.2, 0.25) is 0 Å². The molecular weight excluding hydrogens is 254 g/mol. The number of nitrogen functional groups attached to an aromatic ring is 1. The number of nitrogens with zero attached hydrogens (tertiary/aromatic N) is 2. The average molecular weight is 275 g/mol. The van der Waals surface area contributed by atoms with E-state index in [0.29, 0.717) is 18.3 Å². The van der Waals surface area contributed by atoms with Gasteiger partial charge in [0.15, 0.2) is 5.58 Å². The summed E-state index contributed by atoms with van der Waals surface area (Å²) >= 11 is 0. The van der Waals surface area contributed by atoms with E-state index in [4.69, 9.17) is 14.9 Å². The van der Waals surface area contributed by atoms with E-state index in [1.807, 2.05) is 18.2 Å². The van der Waals surface area contributed by atoms with Crippen LogP contribution in [0.15, 0.2) is 22.6 Å². The van der Waals surface area contributed by atoms with Crippen LogP contribution in [0, 0.1) is 0 Å². The molecule has 1 aliphatic rings. The van der Waals surface area contributed by atoms with Crippen LogP contribution < -0.4 is 5.73 Å². The maximum atomic E-state index is 5.77. The zero-order chi connectivity index (χ0) is 13.9. The number of hydrogen-bond donors (Lipinski definition) is 1. The number of benzene rings is 1. The smallest absolute Gasteiger partial charge is 0.209 e. The quantitative estimate of drug-likeness (QED) is 0.849. The van der Waals surface area contributed by atoms with E-state index < -0.39 is 0 Å². The molecule has 5 nitrogen and oxygen atoms in total. The van der Waals surface area contributed by atoms with Crippen molar-refractivity contribution < 1.29 is 9.15 Å². The minimum absolute atomic E-state index is 0.356. The highest BCUT2D eigenvalue weighted by molar-refractivity contribution is 5.76. The van der Waals surface area contributed by atoms with E-state index in [-0.39, 0.29) is 0 Å². The number of rotatable bonds is 5. The number of hydrogen-bond acceptors (Lipinski definition) is 5. The zero-order valence-electron chi connectivity index (χ0n) is 11.8. The van der Waals surface area contributed by atoms with Crippen molar-refractivity contribution in [3.05, 3.63) is 24.1 Å². The molecule has 1 aliphatic heterocycles. The fourth-order valence-electron chi connectivity index (χ4n) is 2.63. The second kappa shape index (κ2) is 5.81. The van der Waals surface area contributed by atoms with Gasteiger partial charge in [0.2, 0.25) is 5.89 Å². The predicted molar refractivity (Wildman–Crippen MR) is 78.3 cm³/mol. The van der Waals surface area contributed by atoms with Crippen LogP contribution in [0.5, 0.6) is 0 Å². The van der Waals surface area contributed by atoms with Gasteiger partial charge in [-0.15, -0.1) is 0 Å². The first-order chi connectivity index (χ1) is 9.74. The Balaban J connectivity index is 1.69. The Bertz CT molecular complexity index is 576. The third-order valence-electron chi connectivity index (χ3n) is 3.75. The summed E-state index contributed by atoms with van der Waals surface area (Å²) in [5.41, 5.74) is 8.09. The van der Waals surface area contributed by atoms with Gasteiger partial charge in [0.1, 0.15) is 5.52 Å². The molecular formula is C15H21N3O2. The fourth-order valence-corrected chi connectivity index (χ4v) is 2.63. The van der Waals surface area contributed by atoms with Crippen molar-refractivity contribution in [1.29, 1.82) is 0 Å². The number of nitrogens with two attached hydrogens (primary N) is 1. The maximum Gasteiger partial charge on any atom is 0.209 e. The molecule has 1 fully saturated rings. The molecule has 1 atom stereocenters. The largest absolute Gasteiger partial charge is 0.439 e. The van der Waals surface area contributed by atoms with Gasteiger partial charge in [-0.3, -0.25) is 4.90 Å². The van der Waals surface area contributed by atoms with Crippen molar-refractivity contribution in [2.24, 2.45) is 0 Å². The molecule has 0 saturated carbocycles. The molecule has 5 heteroatoms. The lowest BCUT2D eigenvalue weighted by Crippen LogP contribution is -2.31. The summed E-state index contributed by atoms with van der Waals surface area (Å²) in [5.74, 6) is 0.741. The summed E-state index contributed by atoms with van der Waals surface area (Å²) in [6.07, 6.45) is 2.68. The minimum atomic E-state index is 0.356. The van der Waals surface area contributed by atoms with Gasteiger partial charge in [0, 0.05) is 18.8 Å². The Kier molecular flexibility index (Phi) is 3.89. The Morgan fingerprint density at radius 2 is 2.35 bits per heavy atom. The summed E-state index contributed by atoms with van der Waals surface area (Å²) in [7, 11) is 0. The van der Waals surface area contributed by atoms with Gasteiger partial charge in [-0.1, -0.05) is 6.92 Å². The zero-order valence-corrected chi connectivity index (χ0v) is 11.8. The second-order valence-corrected chi connectivity index (χ2v) is 5.30. The fraction of sp³-hybridized carbons (Fsp3) is 0.533. The van der Waals surface area contributed by atoms with Gasteiger partial charge in [-0.25, -0.2) is 4.98 Å². The molecule has 0 aliphatic carbocycles. The summed E-state index contributed by atoms with van der Waals surface area (Å²) in [5, 5.41) is 0. The van der Waals surface area contributed by atoms with Crippen molar-refractivity contribution in [2.45, 2.75) is 32.4 Å². The summed E-state index contributed by atoms with van der Waals surface area (Å²) < 4.78 is 11.5. The van der Waals surface area contributed by atoms with Crippen LogP contribution in [-0.4, -0.2) is 35.7 Å². The first-order valence-corrected chi connectivity index (χ1v) is 7.23. The first kappa shape index (κ1) is 13.4. The maximum absolute atomic E-state index is 5.77. The van der Waals surface area contributed by atoms with Crippen LogP contribution in [0.4, 0.5) is 5.69 Å². The van der Waals surface area contributed by atoms with Gasteiger partial charge in [0.25, 0.3) is 0 Å². The highest BCUT2D eigenvalue weighted by atomic mass is 16.5. The van der Waals surface area contributed by atoms with Crippen LogP contribution >= 0.6 is 0 Å². The number of aromatic nitrogens is 1. The molecule has 1 aromatic heterocycles. The van der Waals surface area contributed by atoms with Gasteiger partial charge in [-0.05, 0) is 37.6 Å². The van der Waals surface area contributed by atoms with Gasteiger partial charge in [-0.2, -0.15) is 0 Å². The van der Waals surface area contributed by atoms with Crippen LogP contribution in [0.3, 0.4) is 0 Å². The van der Waals surface area contributed by atoms with Crippen molar-refractivity contribution in [3.63, 3.8) is 0 Å². The molecule has 1 aromatic carbocycles. The Labute approximate surface area is 118 Å². The SMILES string of the molecule is CCN(Cc1nc2cc(N)ccc2o1)CC1CCCO1.